The van der Waals surface area contributed by atoms with Crippen molar-refractivity contribution in [3.05, 3.63) is 48.3 Å². The summed E-state index contributed by atoms with van der Waals surface area (Å²) in [6.07, 6.45) is 4.57. The van der Waals surface area contributed by atoms with Gasteiger partial charge in [-0.3, -0.25) is 0 Å². The normalized spacial score (nSPS) is 10.1. The van der Waals surface area contributed by atoms with Gasteiger partial charge in [0.2, 0.25) is 0 Å². The zero-order valence-corrected chi connectivity index (χ0v) is 8.14. The van der Waals surface area contributed by atoms with E-state index in [9.17, 15) is 0 Å². The van der Waals surface area contributed by atoms with Gasteiger partial charge in [0.25, 0.3) is 0 Å². The van der Waals surface area contributed by atoms with Gasteiger partial charge in [0, 0.05) is 18.0 Å². The lowest BCUT2D eigenvalue weighted by Crippen LogP contribution is -1.88. The summed E-state index contributed by atoms with van der Waals surface area (Å²) in [4.78, 5) is 8.43. The number of hydrogen-bond acceptors (Lipinski definition) is 2. The quantitative estimate of drug-likeness (QED) is 0.717. The molecule has 2 heteroatoms. The molecule has 0 N–H and O–H groups in total. The van der Waals surface area contributed by atoms with Gasteiger partial charge in [-0.25, -0.2) is 9.97 Å². The molecule has 70 valence electrons. The fourth-order valence-corrected chi connectivity index (χ4v) is 1.38. The van der Waals surface area contributed by atoms with Crippen LogP contribution in [-0.4, -0.2) is 9.97 Å². The van der Waals surface area contributed by atoms with Gasteiger partial charge in [0.15, 0.2) is 5.82 Å². The number of nitrogens with zero attached hydrogens (tertiary/aromatic N) is 2. The highest BCUT2D eigenvalue weighted by Crippen LogP contribution is 2.15. The second-order valence-electron chi connectivity index (χ2n) is 3.13. The first-order valence-corrected chi connectivity index (χ1v) is 4.76. The largest absolute Gasteiger partial charge is 0.237 e. The van der Waals surface area contributed by atoms with Gasteiger partial charge in [0.05, 0.1) is 0 Å². The summed E-state index contributed by atoms with van der Waals surface area (Å²) in [5.41, 5.74) is 2.40. The second kappa shape index (κ2) is 4.01. The molecular formula is C12H12N2. The molecule has 2 aromatic rings. The topological polar surface area (TPSA) is 25.8 Å². The minimum atomic E-state index is 0.794. The van der Waals surface area contributed by atoms with E-state index in [2.05, 4.69) is 29.0 Å². The first kappa shape index (κ1) is 8.88. The number of benzene rings is 1. The number of aromatic nitrogens is 2. The van der Waals surface area contributed by atoms with Crippen LogP contribution in [0.3, 0.4) is 0 Å². The van der Waals surface area contributed by atoms with E-state index in [0.29, 0.717) is 0 Å². The predicted molar refractivity (Wildman–Crippen MR) is 56.8 cm³/mol. The van der Waals surface area contributed by atoms with Gasteiger partial charge in [-0.15, -0.1) is 0 Å². The van der Waals surface area contributed by atoms with Crippen LogP contribution in [0.4, 0.5) is 0 Å². The Balaban J connectivity index is 2.42. The highest BCUT2D eigenvalue weighted by atomic mass is 14.8. The van der Waals surface area contributed by atoms with Gasteiger partial charge in [-0.1, -0.05) is 25.1 Å². The average molecular weight is 184 g/mol. The molecule has 1 aromatic carbocycles. The van der Waals surface area contributed by atoms with E-state index in [1.54, 1.807) is 12.4 Å². The summed E-state index contributed by atoms with van der Waals surface area (Å²) in [6.45, 7) is 2.14. The Kier molecular flexibility index (Phi) is 2.54. The van der Waals surface area contributed by atoms with E-state index in [1.807, 2.05) is 18.2 Å². The summed E-state index contributed by atoms with van der Waals surface area (Å²) in [7, 11) is 0. The molecule has 0 bridgehead atoms. The number of hydrogen-bond donors (Lipinski definition) is 0. The zero-order chi connectivity index (χ0) is 9.80. The van der Waals surface area contributed by atoms with Crippen LogP contribution in [0.15, 0.2) is 42.7 Å². The Hall–Kier alpha value is -1.70. The van der Waals surface area contributed by atoms with Crippen LogP contribution < -0.4 is 0 Å². The van der Waals surface area contributed by atoms with E-state index < -0.39 is 0 Å². The van der Waals surface area contributed by atoms with Crippen LogP contribution in [0.2, 0.25) is 0 Å². The Morgan fingerprint density at radius 1 is 1.07 bits per heavy atom. The average Bonchev–Trinajstić information content (AvgIpc) is 2.30. The molecule has 0 amide bonds. The molecule has 0 atom stereocenters. The van der Waals surface area contributed by atoms with Crippen LogP contribution in [0.5, 0.6) is 0 Å². The number of rotatable bonds is 2. The van der Waals surface area contributed by atoms with Crippen LogP contribution in [0.25, 0.3) is 11.4 Å². The summed E-state index contributed by atoms with van der Waals surface area (Å²) in [6, 6.07) is 10.2. The molecule has 0 aliphatic rings. The van der Waals surface area contributed by atoms with Crippen molar-refractivity contribution in [3.63, 3.8) is 0 Å². The first-order valence-electron chi connectivity index (χ1n) is 4.76. The smallest absolute Gasteiger partial charge is 0.159 e. The van der Waals surface area contributed by atoms with Crippen molar-refractivity contribution in [1.82, 2.24) is 9.97 Å². The van der Waals surface area contributed by atoms with Crippen LogP contribution in [0.1, 0.15) is 12.5 Å². The maximum atomic E-state index is 4.21. The Bertz CT molecular complexity index is 410. The lowest BCUT2D eigenvalue weighted by molar-refractivity contribution is 1.13. The Labute approximate surface area is 83.7 Å². The molecule has 2 rings (SSSR count). The second-order valence-corrected chi connectivity index (χ2v) is 3.13. The molecule has 1 aromatic heterocycles. The van der Waals surface area contributed by atoms with Crippen LogP contribution in [-0.2, 0) is 6.42 Å². The van der Waals surface area contributed by atoms with Crippen LogP contribution >= 0.6 is 0 Å². The fraction of sp³-hybridized carbons (Fsp3) is 0.167. The van der Waals surface area contributed by atoms with Crippen LogP contribution in [0, 0.1) is 0 Å². The van der Waals surface area contributed by atoms with E-state index in [0.717, 1.165) is 17.8 Å². The molecule has 0 fully saturated rings. The van der Waals surface area contributed by atoms with Gasteiger partial charge in [0.1, 0.15) is 0 Å². The van der Waals surface area contributed by atoms with Crippen molar-refractivity contribution in [2.24, 2.45) is 0 Å². The lowest BCUT2D eigenvalue weighted by atomic mass is 10.1. The molecule has 0 saturated heterocycles. The molecule has 0 saturated carbocycles. The monoisotopic (exact) mass is 184 g/mol. The van der Waals surface area contributed by atoms with Crippen molar-refractivity contribution in [2.75, 3.05) is 0 Å². The Morgan fingerprint density at radius 2 is 1.86 bits per heavy atom. The maximum absolute atomic E-state index is 4.21. The highest BCUT2D eigenvalue weighted by Gasteiger charge is 1.99. The van der Waals surface area contributed by atoms with Crippen molar-refractivity contribution < 1.29 is 0 Å². The fourth-order valence-electron chi connectivity index (χ4n) is 1.38. The van der Waals surface area contributed by atoms with Gasteiger partial charge < -0.3 is 0 Å². The summed E-state index contributed by atoms with van der Waals surface area (Å²) in [5.74, 6) is 0.794. The van der Waals surface area contributed by atoms with Crippen molar-refractivity contribution in [3.8, 4) is 11.4 Å². The minimum absolute atomic E-state index is 0.794. The number of aryl methyl sites for hydroxylation is 1. The molecule has 0 spiro atoms. The molecule has 0 unspecified atom stereocenters. The van der Waals surface area contributed by atoms with E-state index in [1.165, 1.54) is 5.56 Å². The first-order chi connectivity index (χ1) is 6.90. The third-order valence-electron chi connectivity index (χ3n) is 2.16. The molecule has 1 heterocycles. The molecule has 14 heavy (non-hydrogen) atoms. The molecule has 2 nitrogen and oxygen atoms in total. The third kappa shape index (κ3) is 1.79. The highest BCUT2D eigenvalue weighted by molar-refractivity contribution is 5.55. The van der Waals surface area contributed by atoms with Gasteiger partial charge in [-0.05, 0) is 24.1 Å². The maximum Gasteiger partial charge on any atom is 0.159 e. The molecule has 0 radical (unpaired) electrons. The predicted octanol–water partition coefficient (Wildman–Crippen LogP) is 2.71. The summed E-state index contributed by atoms with van der Waals surface area (Å²) < 4.78 is 0. The standard InChI is InChI=1S/C12H12N2/c1-2-10-5-3-6-11(9-10)12-13-7-4-8-14-12/h3-9H,2H2,1H3. The van der Waals surface area contributed by atoms with Crippen molar-refractivity contribution in [1.29, 1.82) is 0 Å². The summed E-state index contributed by atoms with van der Waals surface area (Å²) in [5, 5.41) is 0. The summed E-state index contributed by atoms with van der Waals surface area (Å²) >= 11 is 0. The van der Waals surface area contributed by atoms with Crippen molar-refractivity contribution in [2.45, 2.75) is 13.3 Å². The molecule has 0 aliphatic carbocycles. The third-order valence-corrected chi connectivity index (χ3v) is 2.16. The SMILES string of the molecule is CCc1cccc(-c2ncccn2)c1. The lowest BCUT2D eigenvalue weighted by Gasteiger charge is -2.01. The molecule has 0 aliphatic heterocycles. The van der Waals surface area contributed by atoms with Gasteiger partial charge >= 0.3 is 0 Å². The molecular weight excluding hydrogens is 172 g/mol. The van der Waals surface area contributed by atoms with Gasteiger partial charge in [-0.2, -0.15) is 0 Å². The zero-order valence-electron chi connectivity index (χ0n) is 8.14. The van der Waals surface area contributed by atoms with E-state index >= 15 is 0 Å². The Morgan fingerprint density at radius 3 is 2.57 bits per heavy atom. The van der Waals surface area contributed by atoms with E-state index in [-0.39, 0.29) is 0 Å². The minimum Gasteiger partial charge on any atom is -0.237 e. The van der Waals surface area contributed by atoms with E-state index in [4.69, 9.17) is 0 Å². The van der Waals surface area contributed by atoms with Crippen molar-refractivity contribution >= 4 is 0 Å².